The minimum atomic E-state index is 0.898. The van der Waals surface area contributed by atoms with E-state index in [0.717, 1.165) is 18.2 Å². The Morgan fingerprint density at radius 3 is 2.64 bits per heavy atom. The quantitative estimate of drug-likeness (QED) is 0.682. The molecule has 1 aromatic heterocycles. The molecule has 62 valence electrons. The fourth-order valence-electron chi connectivity index (χ4n) is 1.07. The minimum absolute atomic E-state index is 0.898. The SMILES string of the molecule is CCn1cnc(NC)c1NC. The maximum atomic E-state index is 4.17. The topological polar surface area (TPSA) is 41.9 Å². The van der Waals surface area contributed by atoms with Crippen LogP contribution in [-0.2, 0) is 6.54 Å². The molecule has 4 heteroatoms. The molecule has 1 heterocycles. The summed E-state index contributed by atoms with van der Waals surface area (Å²) in [6.45, 7) is 3.02. The van der Waals surface area contributed by atoms with Crippen LogP contribution in [0.25, 0.3) is 0 Å². The first-order valence-electron chi connectivity index (χ1n) is 3.74. The summed E-state index contributed by atoms with van der Waals surface area (Å²) in [4.78, 5) is 4.17. The summed E-state index contributed by atoms with van der Waals surface area (Å²) >= 11 is 0. The third kappa shape index (κ3) is 1.29. The van der Waals surface area contributed by atoms with Gasteiger partial charge < -0.3 is 15.2 Å². The van der Waals surface area contributed by atoms with Gasteiger partial charge in [0.2, 0.25) is 0 Å². The second kappa shape index (κ2) is 3.27. The Hall–Kier alpha value is -1.19. The van der Waals surface area contributed by atoms with Crippen LogP contribution < -0.4 is 10.6 Å². The maximum Gasteiger partial charge on any atom is 0.168 e. The maximum absolute atomic E-state index is 4.17. The van der Waals surface area contributed by atoms with Crippen molar-refractivity contribution in [2.24, 2.45) is 0 Å². The van der Waals surface area contributed by atoms with Crippen molar-refractivity contribution in [3.63, 3.8) is 0 Å². The molecule has 0 amide bonds. The first-order chi connectivity index (χ1) is 5.33. The van der Waals surface area contributed by atoms with E-state index in [0.29, 0.717) is 0 Å². The molecule has 0 radical (unpaired) electrons. The second-order valence-electron chi connectivity index (χ2n) is 2.23. The summed E-state index contributed by atoms with van der Waals surface area (Å²) in [5.41, 5.74) is 0. The molecule has 1 aromatic rings. The zero-order chi connectivity index (χ0) is 8.27. The Bertz CT molecular complexity index is 207. The molecule has 0 atom stereocenters. The predicted octanol–water partition coefficient (Wildman–Crippen LogP) is 0.986. The Balaban J connectivity index is 2.99. The standard InChI is InChI=1S/C7H14N4/c1-4-11-5-10-6(8-2)7(11)9-3/h5,8-9H,4H2,1-3H3. The summed E-state index contributed by atoms with van der Waals surface area (Å²) < 4.78 is 2.05. The van der Waals surface area contributed by atoms with Gasteiger partial charge in [-0.2, -0.15) is 0 Å². The van der Waals surface area contributed by atoms with Crippen molar-refractivity contribution in [3.8, 4) is 0 Å². The van der Waals surface area contributed by atoms with Crippen molar-refractivity contribution >= 4 is 11.6 Å². The van der Waals surface area contributed by atoms with Crippen LogP contribution in [0.4, 0.5) is 11.6 Å². The molecule has 0 fully saturated rings. The van der Waals surface area contributed by atoms with Crippen molar-refractivity contribution in [1.29, 1.82) is 0 Å². The van der Waals surface area contributed by atoms with Gasteiger partial charge in [0, 0.05) is 20.6 Å². The monoisotopic (exact) mass is 154 g/mol. The molecule has 11 heavy (non-hydrogen) atoms. The van der Waals surface area contributed by atoms with Crippen molar-refractivity contribution in [2.75, 3.05) is 24.7 Å². The van der Waals surface area contributed by atoms with Gasteiger partial charge in [-0.1, -0.05) is 0 Å². The van der Waals surface area contributed by atoms with Gasteiger partial charge in [-0.25, -0.2) is 4.98 Å². The average Bonchev–Trinajstić information content (AvgIpc) is 2.45. The van der Waals surface area contributed by atoms with E-state index in [1.54, 1.807) is 0 Å². The van der Waals surface area contributed by atoms with Crippen LogP contribution in [0.5, 0.6) is 0 Å². The lowest BCUT2D eigenvalue weighted by molar-refractivity contribution is 0.768. The lowest BCUT2D eigenvalue weighted by atomic mass is 10.6. The highest BCUT2D eigenvalue weighted by Crippen LogP contribution is 2.17. The highest BCUT2D eigenvalue weighted by molar-refractivity contribution is 5.59. The Labute approximate surface area is 66.6 Å². The number of nitrogens with one attached hydrogen (secondary N) is 2. The Morgan fingerprint density at radius 1 is 1.45 bits per heavy atom. The first kappa shape index (κ1) is 7.91. The van der Waals surface area contributed by atoms with Gasteiger partial charge in [-0.3, -0.25) is 0 Å². The number of hydrogen-bond donors (Lipinski definition) is 2. The van der Waals surface area contributed by atoms with Gasteiger partial charge in [0.25, 0.3) is 0 Å². The molecule has 0 saturated heterocycles. The molecular weight excluding hydrogens is 140 g/mol. The number of aryl methyl sites for hydroxylation is 1. The van der Waals surface area contributed by atoms with Gasteiger partial charge >= 0.3 is 0 Å². The van der Waals surface area contributed by atoms with Crippen LogP contribution in [-0.4, -0.2) is 23.6 Å². The molecule has 0 aliphatic rings. The lowest BCUT2D eigenvalue weighted by Crippen LogP contribution is -2.01. The van der Waals surface area contributed by atoms with Crippen LogP contribution >= 0.6 is 0 Å². The van der Waals surface area contributed by atoms with Crippen molar-refractivity contribution in [2.45, 2.75) is 13.5 Å². The van der Waals surface area contributed by atoms with Crippen molar-refractivity contribution < 1.29 is 0 Å². The molecule has 1 rings (SSSR count). The van der Waals surface area contributed by atoms with Gasteiger partial charge in [-0.15, -0.1) is 0 Å². The summed E-state index contributed by atoms with van der Waals surface area (Å²) in [5, 5.41) is 6.09. The van der Waals surface area contributed by atoms with E-state index in [9.17, 15) is 0 Å². The van der Waals surface area contributed by atoms with E-state index in [1.807, 2.05) is 25.0 Å². The summed E-state index contributed by atoms with van der Waals surface area (Å²) in [6, 6.07) is 0. The molecule has 0 bridgehead atoms. The minimum Gasteiger partial charge on any atom is -0.371 e. The number of anilines is 2. The number of aromatic nitrogens is 2. The molecule has 4 nitrogen and oxygen atoms in total. The van der Waals surface area contributed by atoms with Crippen LogP contribution in [0.3, 0.4) is 0 Å². The molecule has 0 unspecified atom stereocenters. The van der Waals surface area contributed by atoms with Gasteiger partial charge in [0.15, 0.2) is 5.82 Å². The fourth-order valence-corrected chi connectivity index (χ4v) is 1.07. The highest BCUT2D eigenvalue weighted by Gasteiger charge is 2.04. The molecule has 0 aliphatic heterocycles. The molecule has 0 aliphatic carbocycles. The third-order valence-corrected chi connectivity index (χ3v) is 1.65. The Kier molecular flexibility index (Phi) is 2.36. The van der Waals surface area contributed by atoms with E-state index in [2.05, 4.69) is 22.5 Å². The van der Waals surface area contributed by atoms with Crippen LogP contribution in [0.2, 0.25) is 0 Å². The van der Waals surface area contributed by atoms with Gasteiger partial charge in [0.1, 0.15) is 5.82 Å². The number of rotatable bonds is 3. The van der Waals surface area contributed by atoms with Crippen LogP contribution in [0.15, 0.2) is 6.33 Å². The fraction of sp³-hybridized carbons (Fsp3) is 0.571. The third-order valence-electron chi connectivity index (χ3n) is 1.65. The largest absolute Gasteiger partial charge is 0.371 e. The summed E-state index contributed by atoms with van der Waals surface area (Å²) in [5.74, 6) is 1.93. The molecule has 0 aromatic carbocycles. The zero-order valence-corrected chi connectivity index (χ0v) is 7.18. The molecule has 2 N–H and O–H groups in total. The molecule has 0 spiro atoms. The van der Waals surface area contributed by atoms with Crippen molar-refractivity contribution in [3.05, 3.63) is 6.33 Å². The summed E-state index contributed by atoms with van der Waals surface area (Å²) in [6.07, 6.45) is 1.82. The van der Waals surface area contributed by atoms with E-state index < -0.39 is 0 Å². The lowest BCUT2D eigenvalue weighted by Gasteiger charge is -2.05. The number of hydrogen-bond acceptors (Lipinski definition) is 3. The van der Waals surface area contributed by atoms with Crippen molar-refractivity contribution in [1.82, 2.24) is 9.55 Å². The van der Waals surface area contributed by atoms with E-state index in [-0.39, 0.29) is 0 Å². The number of imidazole rings is 1. The van der Waals surface area contributed by atoms with E-state index in [1.165, 1.54) is 0 Å². The second-order valence-corrected chi connectivity index (χ2v) is 2.23. The predicted molar refractivity (Wildman–Crippen MR) is 47.0 cm³/mol. The molecule has 0 saturated carbocycles. The average molecular weight is 154 g/mol. The van der Waals surface area contributed by atoms with Gasteiger partial charge in [-0.05, 0) is 6.92 Å². The van der Waals surface area contributed by atoms with Gasteiger partial charge in [0.05, 0.1) is 6.33 Å². The summed E-state index contributed by atoms with van der Waals surface area (Å²) in [7, 11) is 3.76. The highest BCUT2D eigenvalue weighted by atomic mass is 15.2. The zero-order valence-electron chi connectivity index (χ0n) is 7.18. The van der Waals surface area contributed by atoms with Crippen LogP contribution in [0.1, 0.15) is 6.92 Å². The number of nitrogens with zero attached hydrogens (tertiary/aromatic N) is 2. The Morgan fingerprint density at radius 2 is 2.18 bits per heavy atom. The van der Waals surface area contributed by atoms with Crippen LogP contribution in [0, 0.1) is 0 Å². The molecular formula is C7H14N4. The van der Waals surface area contributed by atoms with E-state index in [4.69, 9.17) is 0 Å². The normalized spacial score (nSPS) is 9.73. The smallest absolute Gasteiger partial charge is 0.168 e. The first-order valence-corrected chi connectivity index (χ1v) is 3.74. The van der Waals surface area contributed by atoms with E-state index >= 15 is 0 Å².